The number of anilines is 1. The molecule has 0 heterocycles. The summed E-state index contributed by atoms with van der Waals surface area (Å²) >= 11 is 0. The lowest BCUT2D eigenvalue weighted by Crippen LogP contribution is -2.30. The van der Waals surface area contributed by atoms with Crippen LogP contribution in [0.25, 0.3) is 0 Å². The number of nitrogens with one attached hydrogen (secondary N) is 1. The minimum Gasteiger partial charge on any atom is -0.497 e. The number of hydrogen-bond donors (Lipinski definition) is 2. The fourth-order valence-electron chi connectivity index (χ4n) is 3.13. The summed E-state index contributed by atoms with van der Waals surface area (Å²) in [6.07, 6.45) is 0. The third kappa shape index (κ3) is 7.73. The predicted octanol–water partition coefficient (Wildman–Crippen LogP) is 5.47. The second-order valence-electron chi connectivity index (χ2n) is 10.5. The van der Waals surface area contributed by atoms with Gasteiger partial charge in [-0.05, 0) is 47.6 Å². The number of nitrogens with two attached hydrogens (primary N) is 1. The Morgan fingerprint density at radius 2 is 1.63 bits per heavy atom. The molecule has 8 nitrogen and oxygen atoms in total. The molecule has 0 aliphatic heterocycles. The third-order valence-corrected chi connectivity index (χ3v) is 5.12. The number of carbonyl (C=O) groups is 1. The van der Waals surface area contributed by atoms with Gasteiger partial charge in [0.2, 0.25) is 0 Å². The van der Waals surface area contributed by atoms with E-state index >= 15 is 0 Å². The van der Waals surface area contributed by atoms with Gasteiger partial charge in [-0.25, -0.2) is 4.99 Å². The maximum Gasteiger partial charge on any atom is 0.278 e. The smallest absolute Gasteiger partial charge is 0.278 e. The number of methoxy groups -OCH3 is 2. The average Bonchev–Trinajstić information content (AvgIpc) is 2.77. The molecule has 2 aromatic carbocycles. The molecule has 3 N–H and O–H groups in total. The molecule has 2 aromatic rings. The van der Waals surface area contributed by atoms with E-state index in [1.807, 2.05) is 18.2 Å². The highest BCUT2D eigenvalue weighted by atomic mass is 16.5. The van der Waals surface area contributed by atoms with Crippen molar-refractivity contribution in [3.63, 3.8) is 0 Å². The molecule has 1 amide bonds. The van der Waals surface area contributed by atoms with E-state index in [4.69, 9.17) is 20.1 Å². The van der Waals surface area contributed by atoms with Crippen molar-refractivity contribution in [3.8, 4) is 17.2 Å². The van der Waals surface area contributed by atoms with Crippen molar-refractivity contribution in [1.29, 1.82) is 0 Å². The molecule has 0 spiro atoms. The first kappa shape index (κ1) is 27.7. The summed E-state index contributed by atoms with van der Waals surface area (Å²) in [5.41, 5.74) is 2.22. The molecular weight excluding hydrogens is 444 g/mol. The van der Waals surface area contributed by atoms with Gasteiger partial charge < -0.3 is 25.4 Å². The Labute approximate surface area is 208 Å². The minimum atomic E-state index is -0.498. The molecule has 35 heavy (non-hydrogen) atoms. The minimum absolute atomic E-state index is 0.0159. The van der Waals surface area contributed by atoms with Gasteiger partial charge in [-0.3, -0.25) is 4.79 Å². The molecule has 190 valence electrons. The van der Waals surface area contributed by atoms with E-state index in [1.165, 1.54) is 0 Å². The SMILES string of the molecule is COc1ccc(OC)c(N=C(C)/C(=N\N)C(=O)Nc2cc(C(C)(C)C)ccc2OCC(C)(C)C)c1. The lowest BCUT2D eigenvalue weighted by atomic mass is 9.86. The number of hydrogen-bond acceptors (Lipinski definition) is 7. The Kier molecular flexibility index (Phi) is 8.90. The van der Waals surface area contributed by atoms with Crippen molar-refractivity contribution in [2.24, 2.45) is 21.4 Å². The van der Waals surface area contributed by atoms with Gasteiger partial charge in [0.1, 0.15) is 22.9 Å². The van der Waals surface area contributed by atoms with Crippen LogP contribution in [-0.4, -0.2) is 38.2 Å². The summed E-state index contributed by atoms with van der Waals surface area (Å²) in [4.78, 5) is 17.8. The van der Waals surface area contributed by atoms with Crippen molar-refractivity contribution in [2.45, 2.75) is 53.9 Å². The van der Waals surface area contributed by atoms with Gasteiger partial charge in [0.15, 0.2) is 5.71 Å². The van der Waals surface area contributed by atoms with E-state index < -0.39 is 5.91 Å². The molecule has 0 aliphatic carbocycles. The average molecular weight is 483 g/mol. The van der Waals surface area contributed by atoms with Crippen LogP contribution in [-0.2, 0) is 10.2 Å². The quantitative estimate of drug-likeness (QED) is 0.295. The highest BCUT2D eigenvalue weighted by Crippen LogP contribution is 2.34. The number of benzene rings is 2. The molecule has 0 saturated heterocycles. The fraction of sp³-hybridized carbons (Fsp3) is 0.444. The zero-order valence-corrected chi connectivity index (χ0v) is 22.3. The molecule has 0 radical (unpaired) electrons. The number of rotatable bonds is 8. The second-order valence-corrected chi connectivity index (χ2v) is 10.5. The number of nitrogens with zero attached hydrogens (tertiary/aromatic N) is 2. The summed E-state index contributed by atoms with van der Waals surface area (Å²) in [6.45, 7) is 14.7. The van der Waals surface area contributed by atoms with E-state index in [0.29, 0.717) is 40.9 Å². The summed E-state index contributed by atoms with van der Waals surface area (Å²) in [6, 6.07) is 11.0. The van der Waals surface area contributed by atoms with E-state index in [0.717, 1.165) is 5.56 Å². The van der Waals surface area contributed by atoms with Crippen LogP contribution in [0, 0.1) is 5.41 Å². The van der Waals surface area contributed by atoms with Crippen molar-refractivity contribution in [3.05, 3.63) is 42.0 Å². The van der Waals surface area contributed by atoms with Crippen LogP contribution in [0.15, 0.2) is 46.5 Å². The molecule has 0 bridgehead atoms. The Morgan fingerprint density at radius 1 is 0.971 bits per heavy atom. The standard InChI is InChI=1S/C27H38N4O4/c1-17(29-21-15-19(33-8)11-13-22(21)34-9)24(31-28)25(32)30-20-14-18(27(5,6)7)10-12-23(20)35-16-26(2,3)4/h10-15H,16,28H2,1-9H3,(H,30,32)/b29-17?,31-24+. The lowest BCUT2D eigenvalue weighted by Gasteiger charge is -2.24. The second kappa shape index (κ2) is 11.3. The molecular formula is C27H38N4O4. The highest BCUT2D eigenvalue weighted by Gasteiger charge is 2.22. The van der Waals surface area contributed by atoms with Gasteiger partial charge in [0, 0.05) is 6.07 Å². The van der Waals surface area contributed by atoms with E-state index in [-0.39, 0.29) is 16.5 Å². The Morgan fingerprint density at radius 3 is 2.17 bits per heavy atom. The Hall–Kier alpha value is -3.55. The molecule has 0 aromatic heterocycles. The number of ether oxygens (including phenoxy) is 3. The third-order valence-electron chi connectivity index (χ3n) is 5.12. The van der Waals surface area contributed by atoms with Crippen LogP contribution in [0.3, 0.4) is 0 Å². The molecule has 2 rings (SSSR count). The highest BCUT2D eigenvalue weighted by molar-refractivity contribution is 6.68. The van der Waals surface area contributed by atoms with E-state index in [1.54, 1.807) is 39.3 Å². The number of aliphatic imine (C=N–C) groups is 1. The first-order valence-corrected chi connectivity index (χ1v) is 11.4. The molecule has 0 aliphatic rings. The van der Waals surface area contributed by atoms with Gasteiger partial charge in [-0.1, -0.05) is 47.6 Å². The predicted molar refractivity (Wildman–Crippen MR) is 143 cm³/mol. The zero-order chi connectivity index (χ0) is 26.4. The van der Waals surface area contributed by atoms with Crippen molar-refractivity contribution >= 4 is 28.7 Å². The van der Waals surface area contributed by atoms with Crippen LogP contribution >= 0.6 is 0 Å². The lowest BCUT2D eigenvalue weighted by molar-refractivity contribution is -0.110. The van der Waals surface area contributed by atoms with Gasteiger partial charge >= 0.3 is 0 Å². The normalized spacial score (nSPS) is 12.8. The first-order chi connectivity index (χ1) is 16.3. The van der Waals surface area contributed by atoms with Gasteiger partial charge in [-0.15, -0.1) is 0 Å². The maximum atomic E-state index is 13.3. The van der Waals surface area contributed by atoms with Gasteiger partial charge in [-0.2, -0.15) is 5.10 Å². The van der Waals surface area contributed by atoms with Gasteiger partial charge in [0.25, 0.3) is 5.91 Å². The van der Waals surface area contributed by atoms with E-state index in [9.17, 15) is 4.79 Å². The summed E-state index contributed by atoms with van der Waals surface area (Å²) in [5, 5.41) is 6.64. The van der Waals surface area contributed by atoms with E-state index in [2.05, 4.69) is 57.0 Å². The van der Waals surface area contributed by atoms with Crippen molar-refractivity contribution in [2.75, 3.05) is 26.1 Å². The van der Waals surface area contributed by atoms with Crippen LogP contribution < -0.4 is 25.4 Å². The number of hydrazone groups is 1. The topological polar surface area (TPSA) is 108 Å². The van der Waals surface area contributed by atoms with Crippen LogP contribution in [0.2, 0.25) is 0 Å². The van der Waals surface area contributed by atoms with Crippen LogP contribution in [0.1, 0.15) is 54.0 Å². The summed E-state index contributed by atoms with van der Waals surface area (Å²) < 4.78 is 16.7. The monoisotopic (exact) mass is 482 g/mol. The summed E-state index contributed by atoms with van der Waals surface area (Å²) in [7, 11) is 3.11. The van der Waals surface area contributed by atoms with Crippen molar-refractivity contribution in [1.82, 2.24) is 0 Å². The molecule has 0 unspecified atom stereocenters. The van der Waals surface area contributed by atoms with Gasteiger partial charge in [0.05, 0.1) is 32.2 Å². The number of carbonyl (C=O) groups excluding carboxylic acids is 1. The fourth-order valence-corrected chi connectivity index (χ4v) is 3.13. The zero-order valence-electron chi connectivity index (χ0n) is 22.3. The molecule has 0 saturated carbocycles. The van der Waals surface area contributed by atoms with Crippen molar-refractivity contribution < 1.29 is 19.0 Å². The maximum absolute atomic E-state index is 13.3. The number of amides is 1. The molecule has 8 heteroatoms. The largest absolute Gasteiger partial charge is 0.497 e. The van der Waals surface area contributed by atoms with Crippen LogP contribution in [0.4, 0.5) is 11.4 Å². The molecule has 0 fully saturated rings. The Balaban J connectivity index is 2.41. The summed E-state index contributed by atoms with van der Waals surface area (Å²) in [5.74, 6) is 6.82. The van der Waals surface area contributed by atoms with Crippen LogP contribution in [0.5, 0.6) is 17.2 Å². The molecule has 0 atom stereocenters. The Bertz CT molecular complexity index is 1110. The first-order valence-electron chi connectivity index (χ1n) is 11.4.